The van der Waals surface area contributed by atoms with E-state index in [2.05, 4.69) is 17.4 Å². The largest absolute Gasteiger partial charge is 0.494 e. The Morgan fingerprint density at radius 3 is 2.89 bits per heavy atom. The third-order valence-electron chi connectivity index (χ3n) is 2.94. The molecule has 3 nitrogen and oxygen atoms in total. The first-order valence-corrected chi connectivity index (χ1v) is 6.24. The lowest BCUT2D eigenvalue weighted by Crippen LogP contribution is -2.18. The maximum Gasteiger partial charge on any atom is 0.119 e. The van der Waals surface area contributed by atoms with E-state index in [1.165, 1.54) is 11.1 Å². The van der Waals surface area contributed by atoms with Crippen LogP contribution >= 0.6 is 0 Å². The fourth-order valence-corrected chi connectivity index (χ4v) is 2.02. The zero-order valence-corrected chi connectivity index (χ0v) is 10.8. The van der Waals surface area contributed by atoms with Gasteiger partial charge in [0.15, 0.2) is 0 Å². The van der Waals surface area contributed by atoms with Gasteiger partial charge in [-0.05, 0) is 49.7 Å². The Morgan fingerprint density at radius 1 is 1.33 bits per heavy atom. The molecule has 0 aliphatic heterocycles. The minimum absolute atomic E-state index is 0.267. The van der Waals surface area contributed by atoms with Gasteiger partial charge in [0.05, 0.1) is 19.1 Å². The summed E-state index contributed by atoms with van der Waals surface area (Å²) in [4.78, 5) is 0. The molecule has 0 fully saturated rings. The Balaban J connectivity index is 2.13. The van der Waals surface area contributed by atoms with Gasteiger partial charge in [-0.3, -0.25) is 0 Å². The molecule has 2 aromatic rings. The molecular formula is C15H19NO2. The van der Waals surface area contributed by atoms with Gasteiger partial charge in [0.25, 0.3) is 0 Å². The van der Waals surface area contributed by atoms with E-state index < -0.39 is 0 Å². The van der Waals surface area contributed by atoms with Crippen LogP contribution in [0.2, 0.25) is 0 Å². The average molecular weight is 245 g/mol. The Kier molecular flexibility index (Phi) is 4.42. The van der Waals surface area contributed by atoms with Gasteiger partial charge in [0.2, 0.25) is 0 Å². The molecule has 1 atom stereocenters. The smallest absolute Gasteiger partial charge is 0.119 e. The van der Waals surface area contributed by atoms with Crippen LogP contribution in [0.4, 0.5) is 0 Å². The summed E-state index contributed by atoms with van der Waals surface area (Å²) in [6.45, 7) is 2.68. The van der Waals surface area contributed by atoms with Crippen molar-refractivity contribution >= 4 is 0 Å². The molecule has 1 unspecified atom stereocenters. The predicted octanol–water partition coefficient (Wildman–Crippen LogP) is 3.18. The summed E-state index contributed by atoms with van der Waals surface area (Å²) in [6, 6.07) is 10.5. The lowest BCUT2D eigenvalue weighted by molar-refractivity contribution is 0.339. The topological polar surface area (TPSA) is 34.4 Å². The van der Waals surface area contributed by atoms with Crippen molar-refractivity contribution in [2.45, 2.75) is 19.4 Å². The monoisotopic (exact) mass is 245 g/mol. The van der Waals surface area contributed by atoms with Gasteiger partial charge in [-0.1, -0.05) is 12.1 Å². The second kappa shape index (κ2) is 6.26. The summed E-state index contributed by atoms with van der Waals surface area (Å²) < 4.78 is 10.6. The summed E-state index contributed by atoms with van der Waals surface area (Å²) in [6.07, 6.45) is 4.40. The van der Waals surface area contributed by atoms with Crippen molar-refractivity contribution in [1.82, 2.24) is 5.32 Å². The highest BCUT2D eigenvalue weighted by Crippen LogP contribution is 2.22. The first-order valence-electron chi connectivity index (χ1n) is 6.24. The van der Waals surface area contributed by atoms with Gasteiger partial charge in [0.1, 0.15) is 5.75 Å². The SMILES string of the molecule is CCOc1cccc(C(Cc2ccoc2)NC)c1. The molecule has 1 aromatic carbocycles. The quantitative estimate of drug-likeness (QED) is 0.848. The van der Waals surface area contributed by atoms with E-state index in [9.17, 15) is 0 Å². The molecule has 0 radical (unpaired) electrons. The zero-order valence-electron chi connectivity index (χ0n) is 10.8. The Hall–Kier alpha value is -1.74. The summed E-state index contributed by atoms with van der Waals surface area (Å²) in [5.74, 6) is 0.919. The fraction of sp³-hybridized carbons (Fsp3) is 0.333. The van der Waals surface area contributed by atoms with Crippen molar-refractivity contribution in [3.8, 4) is 5.75 Å². The van der Waals surface area contributed by atoms with Crippen molar-refractivity contribution in [2.24, 2.45) is 0 Å². The number of benzene rings is 1. The molecule has 0 aliphatic rings. The lowest BCUT2D eigenvalue weighted by atomic mass is 10.0. The minimum Gasteiger partial charge on any atom is -0.494 e. The molecule has 1 N–H and O–H groups in total. The molecule has 18 heavy (non-hydrogen) atoms. The maximum absolute atomic E-state index is 5.53. The number of likely N-dealkylation sites (N-methyl/N-ethyl adjacent to an activating group) is 1. The molecular weight excluding hydrogens is 226 g/mol. The summed E-state index contributed by atoms with van der Waals surface area (Å²) >= 11 is 0. The van der Waals surface area contributed by atoms with Crippen molar-refractivity contribution in [1.29, 1.82) is 0 Å². The van der Waals surface area contributed by atoms with E-state index in [1.54, 1.807) is 12.5 Å². The van der Waals surface area contributed by atoms with Gasteiger partial charge in [-0.25, -0.2) is 0 Å². The van der Waals surface area contributed by atoms with E-state index >= 15 is 0 Å². The fourth-order valence-electron chi connectivity index (χ4n) is 2.02. The summed E-state index contributed by atoms with van der Waals surface area (Å²) in [7, 11) is 1.97. The van der Waals surface area contributed by atoms with Crippen molar-refractivity contribution in [2.75, 3.05) is 13.7 Å². The average Bonchev–Trinajstić information content (AvgIpc) is 2.89. The Bertz CT molecular complexity index is 465. The van der Waals surface area contributed by atoms with E-state index in [1.807, 2.05) is 32.2 Å². The molecule has 3 heteroatoms. The first-order chi connectivity index (χ1) is 8.83. The molecule has 0 bridgehead atoms. The molecule has 0 saturated carbocycles. The molecule has 1 aromatic heterocycles. The van der Waals surface area contributed by atoms with Gasteiger partial charge in [-0.15, -0.1) is 0 Å². The number of furan rings is 1. The van der Waals surface area contributed by atoms with E-state index in [4.69, 9.17) is 9.15 Å². The molecule has 1 heterocycles. The van der Waals surface area contributed by atoms with E-state index in [-0.39, 0.29) is 6.04 Å². The second-order valence-corrected chi connectivity index (χ2v) is 4.18. The number of rotatable bonds is 6. The van der Waals surface area contributed by atoms with Crippen LogP contribution in [-0.2, 0) is 6.42 Å². The number of ether oxygens (including phenoxy) is 1. The molecule has 0 amide bonds. The highest BCUT2D eigenvalue weighted by Gasteiger charge is 2.11. The van der Waals surface area contributed by atoms with Crippen molar-refractivity contribution < 1.29 is 9.15 Å². The number of hydrogen-bond acceptors (Lipinski definition) is 3. The first kappa shape index (κ1) is 12.7. The Labute approximate surface area is 108 Å². The van der Waals surface area contributed by atoms with Crippen LogP contribution in [0.5, 0.6) is 5.75 Å². The molecule has 0 spiro atoms. The molecule has 0 saturated heterocycles. The van der Waals surface area contributed by atoms with Gasteiger partial charge >= 0.3 is 0 Å². The van der Waals surface area contributed by atoms with E-state index in [0.717, 1.165) is 12.2 Å². The van der Waals surface area contributed by atoms with Gasteiger partial charge in [-0.2, -0.15) is 0 Å². The normalized spacial score (nSPS) is 12.3. The van der Waals surface area contributed by atoms with Crippen molar-refractivity contribution in [3.63, 3.8) is 0 Å². The second-order valence-electron chi connectivity index (χ2n) is 4.18. The third kappa shape index (κ3) is 3.14. The van der Waals surface area contributed by atoms with Crippen molar-refractivity contribution in [3.05, 3.63) is 54.0 Å². The molecule has 96 valence electrons. The summed E-state index contributed by atoms with van der Waals surface area (Å²) in [5, 5.41) is 3.33. The van der Waals surface area contributed by atoms with Crippen LogP contribution in [0.1, 0.15) is 24.1 Å². The molecule has 2 rings (SSSR count). The highest BCUT2D eigenvalue weighted by molar-refractivity contribution is 5.31. The zero-order chi connectivity index (χ0) is 12.8. The number of nitrogens with one attached hydrogen (secondary N) is 1. The van der Waals surface area contributed by atoms with Gasteiger partial charge in [0, 0.05) is 6.04 Å². The lowest BCUT2D eigenvalue weighted by Gasteiger charge is -2.16. The van der Waals surface area contributed by atoms with Crippen LogP contribution in [0.25, 0.3) is 0 Å². The summed E-state index contributed by atoms with van der Waals surface area (Å²) in [5.41, 5.74) is 2.42. The van der Waals surface area contributed by atoms with E-state index in [0.29, 0.717) is 6.61 Å². The Morgan fingerprint density at radius 2 is 2.22 bits per heavy atom. The molecule has 0 aliphatic carbocycles. The number of hydrogen-bond donors (Lipinski definition) is 1. The van der Waals surface area contributed by atoms with Crippen LogP contribution < -0.4 is 10.1 Å². The standard InChI is InChI=1S/C15H19NO2/c1-3-18-14-6-4-5-13(10-14)15(16-2)9-12-7-8-17-11-12/h4-8,10-11,15-16H,3,9H2,1-2H3. The van der Waals surface area contributed by atoms with Crippen LogP contribution in [-0.4, -0.2) is 13.7 Å². The maximum atomic E-state index is 5.53. The van der Waals surface area contributed by atoms with Crippen LogP contribution in [0, 0.1) is 0 Å². The highest BCUT2D eigenvalue weighted by atomic mass is 16.5. The predicted molar refractivity (Wildman–Crippen MR) is 71.8 cm³/mol. The van der Waals surface area contributed by atoms with Crippen LogP contribution in [0.3, 0.4) is 0 Å². The third-order valence-corrected chi connectivity index (χ3v) is 2.94. The van der Waals surface area contributed by atoms with Crippen LogP contribution in [0.15, 0.2) is 47.3 Å². The van der Waals surface area contributed by atoms with Gasteiger partial charge < -0.3 is 14.5 Å². The minimum atomic E-state index is 0.267.